The van der Waals surface area contributed by atoms with Gasteiger partial charge in [0.25, 0.3) is 0 Å². The van der Waals surface area contributed by atoms with E-state index in [9.17, 15) is 26.4 Å². The summed E-state index contributed by atoms with van der Waals surface area (Å²) in [4.78, 5) is 19.4. The summed E-state index contributed by atoms with van der Waals surface area (Å²) in [6, 6.07) is 0. The van der Waals surface area contributed by atoms with E-state index in [1.807, 2.05) is 0 Å². The highest BCUT2D eigenvalue weighted by molar-refractivity contribution is 7.81. The van der Waals surface area contributed by atoms with Crippen molar-refractivity contribution in [3.05, 3.63) is 0 Å². The van der Waals surface area contributed by atoms with Crippen LogP contribution in [0.2, 0.25) is 0 Å². The van der Waals surface area contributed by atoms with Crippen molar-refractivity contribution >= 4 is 32.7 Å². The van der Waals surface area contributed by atoms with E-state index < -0.39 is 32.7 Å². The zero-order chi connectivity index (χ0) is 13.6. The van der Waals surface area contributed by atoms with Gasteiger partial charge in [-0.2, -0.15) is 16.8 Å². The Morgan fingerprint density at radius 2 is 1.00 bits per heavy atom. The molecule has 96 valence electrons. The summed E-state index contributed by atoms with van der Waals surface area (Å²) < 4.78 is 60.3. The second-order valence-corrected chi connectivity index (χ2v) is 4.05. The van der Waals surface area contributed by atoms with E-state index in [4.69, 9.17) is 9.11 Å². The summed E-state index contributed by atoms with van der Waals surface area (Å²) in [5.74, 6) is -2.13. The quantitative estimate of drug-likeness (QED) is 0.581. The molecule has 0 aromatic carbocycles. The molecule has 12 heteroatoms. The van der Waals surface area contributed by atoms with Crippen LogP contribution in [-0.2, 0) is 38.8 Å². The van der Waals surface area contributed by atoms with Gasteiger partial charge in [-0.05, 0) is 0 Å². The molecule has 0 radical (unpaired) electrons. The number of hydrogen-bond acceptors (Lipinski definition) is 8. The van der Waals surface area contributed by atoms with E-state index in [2.05, 4.69) is 8.37 Å². The molecule has 10 nitrogen and oxygen atoms in total. The van der Waals surface area contributed by atoms with Gasteiger partial charge in [0.2, 0.25) is 0 Å². The van der Waals surface area contributed by atoms with Crippen LogP contribution in [0.25, 0.3) is 0 Å². The SMILES string of the molecule is CC(=O)OS(=O)(=O)O.CC(=O)OS(=O)(=O)O. The van der Waals surface area contributed by atoms with Gasteiger partial charge in [0.05, 0.1) is 0 Å². The second kappa shape index (κ2) is 6.37. The average Bonchev–Trinajstić information content (AvgIpc) is 1.72. The molecule has 0 unspecified atom stereocenters. The van der Waals surface area contributed by atoms with E-state index >= 15 is 0 Å². The smallest absolute Gasteiger partial charge is 0.325 e. The topological polar surface area (TPSA) is 161 Å². The van der Waals surface area contributed by atoms with Crippen LogP contribution in [-0.4, -0.2) is 37.9 Å². The molecule has 0 aliphatic heterocycles. The molecule has 2 N–H and O–H groups in total. The molecule has 0 aliphatic rings. The fraction of sp³-hybridized carbons (Fsp3) is 0.500. The Kier molecular flexibility index (Phi) is 6.83. The number of carbonyl (C=O) groups excluding carboxylic acids is 2. The van der Waals surface area contributed by atoms with Crippen molar-refractivity contribution in [2.75, 3.05) is 0 Å². The normalized spacial score (nSPS) is 10.8. The molecular formula is C4H8O10S2. The predicted octanol–water partition coefficient (Wildman–Crippen LogP) is -1.30. The highest BCUT2D eigenvalue weighted by atomic mass is 32.3. The van der Waals surface area contributed by atoms with Crippen molar-refractivity contribution in [3.8, 4) is 0 Å². The molecule has 0 atom stereocenters. The Morgan fingerprint density at radius 3 is 1.00 bits per heavy atom. The lowest BCUT2D eigenvalue weighted by molar-refractivity contribution is -0.133. The standard InChI is InChI=1S/2C2H4O5S/c2*1-2(3)7-8(4,5)6/h2*1H3,(H,4,5,6). The molecule has 0 amide bonds. The first-order chi connectivity index (χ1) is 6.83. The molecule has 0 bridgehead atoms. The average molecular weight is 280 g/mol. The summed E-state index contributed by atoms with van der Waals surface area (Å²) in [6.07, 6.45) is 0. The summed E-state index contributed by atoms with van der Waals surface area (Å²) >= 11 is 0. The lowest BCUT2D eigenvalue weighted by atomic mass is 10.9. The maximum atomic E-state index is 9.70. The summed E-state index contributed by atoms with van der Waals surface area (Å²) in [5.41, 5.74) is 0. The van der Waals surface area contributed by atoms with Crippen LogP contribution >= 0.6 is 0 Å². The fourth-order valence-electron chi connectivity index (χ4n) is 0.297. The van der Waals surface area contributed by atoms with Gasteiger partial charge < -0.3 is 8.37 Å². The first-order valence-electron chi connectivity index (χ1n) is 3.18. The van der Waals surface area contributed by atoms with Gasteiger partial charge in [-0.25, -0.2) is 0 Å². The van der Waals surface area contributed by atoms with Crippen LogP contribution in [0.5, 0.6) is 0 Å². The van der Waals surface area contributed by atoms with Gasteiger partial charge in [-0.1, -0.05) is 0 Å². The van der Waals surface area contributed by atoms with Crippen molar-refractivity contribution in [1.82, 2.24) is 0 Å². The van der Waals surface area contributed by atoms with Crippen LogP contribution in [0.3, 0.4) is 0 Å². The maximum Gasteiger partial charge on any atom is 0.448 e. The highest BCUT2D eigenvalue weighted by Crippen LogP contribution is 1.84. The Morgan fingerprint density at radius 1 is 0.812 bits per heavy atom. The van der Waals surface area contributed by atoms with Crippen LogP contribution in [0.4, 0.5) is 0 Å². The minimum atomic E-state index is -4.57. The number of hydrogen-bond donors (Lipinski definition) is 2. The molecule has 0 aliphatic carbocycles. The van der Waals surface area contributed by atoms with Crippen molar-refractivity contribution in [1.29, 1.82) is 0 Å². The second-order valence-electron chi connectivity index (χ2n) is 2.01. The highest BCUT2D eigenvalue weighted by Gasteiger charge is 2.06. The molecule has 0 rings (SSSR count). The first-order valence-corrected chi connectivity index (χ1v) is 5.91. The third-order valence-corrected chi connectivity index (χ3v) is 1.34. The van der Waals surface area contributed by atoms with Crippen molar-refractivity contribution < 1.29 is 43.9 Å². The Hall–Kier alpha value is -1.24. The van der Waals surface area contributed by atoms with Gasteiger partial charge in [0, 0.05) is 13.8 Å². The van der Waals surface area contributed by atoms with E-state index in [1.54, 1.807) is 0 Å². The largest absolute Gasteiger partial charge is 0.448 e. The van der Waals surface area contributed by atoms with Crippen molar-refractivity contribution in [3.63, 3.8) is 0 Å². The molecule has 0 spiro atoms. The number of rotatable bonds is 2. The van der Waals surface area contributed by atoms with Crippen LogP contribution < -0.4 is 0 Å². The summed E-state index contributed by atoms with van der Waals surface area (Å²) in [5, 5.41) is 0. The molecule has 0 aromatic rings. The molecule has 0 fully saturated rings. The maximum absolute atomic E-state index is 9.70. The van der Waals surface area contributed by atoms with E-state index in [1.165, 1.54) is 0 Å². The van der Waals surface area contributed by atoms with Crippen molar-refractivity contribution in [2.24, 2.45) is 0 Å². The van der Waals surface area contributed by atoms with E-state index in [0.29, 0.717) is 0 Å². The molecule has 16 heavy (non-hydrogen) atoms. The third-order valence-electron chi connectivity index (χ3n) is 0.445. The monoisotopic (exact) mass is 280 g/mol. The summed E-state index contributed by atoms with van der Waals surface area (Å²) in [7, 11) is -9.15. The lowest BCUT2D eigenvalue weighted by Crippen LogP contribution is -2.07. The van der Waals surface area contributed by atoms with Gasteiger partial charge in [-0.3, -0.25) is 18.7 Å². The molecular weight excluding hydrogens is 272 g/mol. The van der Waals surface area contributed by atoms with Crippen LogP contribution in [0.15, 0.2) is 0 Å². The Balaban J connectivity index is 0. The molecule has 0 aromatic heterocycles. The molecule has 0 saturated heterocycles. The van der Waals surface area contributed by atoms with E-state index in [-0.39, 0.29) is 0 Å². The van der Waals surface area contributed by atoms with Gasteiger partial charge >= 0.3 is 32.7 Å². The molecule has 0 heterocycles. The lowest BCUT2D eigenvalue weighted by Gasteiger charge is -1.90. The van der Waals surface area contributed by atoms with Crippen LogP contribution in [0, 0.1) is 0 Å². The van der Waals surface area contributed by atoms with Gasteiger partial charge in [0.1, 0.15) is 0 Å². The zero-order valence-electron chi connectivity index (χ0n) is 7.98. The Labute approximate surface area is 91.1 Å². The fourth-order valence-corrected chi connectivity index (χ4v) is 0.890. The predicted molar refractivity (Wildman–Crippen MR) is 46.6 cm³/mol. The van der Waals surface area contributed by atoms with Crippen molar-refractivity contribution in [2.45, 2.75) is 13.8 Å². The van der Waals surface area contributed by atoms with Gasteiger partial charge in [0.15, 0.2) is 0 Å². The summed E-state index contributed by atoms with van der Waals surface area (Å²) in [6.45, 7) is 1.74. The number of carbonyl (C=O) groups is 2. The Bertz CT molecular complexity index is 397. The minimum Gasteiger partial charge on any atom is -0.325 e. The minimum absolute atomic E-state index is 0.869. The zero-order valence-corrected chi connectivity index (χ0v) is 9.61. The molecule has 0 saturated carbocycles. The first kappa shape index (κ1) is 17.2. The van der Waals surface area contributed by atoms with Gasteiger partial charge in [-0.15, -0.1) is 0 Å². The van der Waals surface area contributed by atoms with Crippen LogP contribution in [0.1, 0.15) is 13.8 Å². The third kappa shape index (κ3) is 23.0. The van der Waals surface area contributed by atoms with E-state index in [0.717, 1.165) is 13.8 Å².